The van der Waals surface area contributed by atoms with Gasteiger partial charge >= 0.3 is 0 Å². The fraction of sp³-hybridized carbons (Fsp3) is 0.120. The van der Waals surface area contributed by atoms with E-state index >= 15 is 0 Å². The summed E-state index contributed by atoms with van der Waals surface area (Å²) in [7, 11) is 2.94. The minimum atomic E-state index is -0.144. The van der Waals surface area contributed by atoms with Gasteiger partial charge in [0.15, 0.2) is 23.0 Å². The van der Waals surface area contributed by atoms with Crippen LogP contribution in [-0.4, -0.2) is 36.1 Å². The van der Waals surface area contributed by atoms with Crippen molar-refractivity contribution < 1.29 is 29.5 Å². The van der Waals surface area contributed by atoms with Gasteiger partial charge in [0.05, 0.1) is 19.8 Å². The first-order chi connectivity index (χ1) is 15.0. The first-order valence-corrected chi connectivity index (χ1v) is 9.34. The fourth-order valence-corrected chi connectivity index (χ4v) is 3.18. The quantitative estimate of drug-likeness (QED) is 0.481. The van der Waals surface area contributed by atoms with Crippen LogP contribution in [-0.2, 0) is 0 Å². The number of allylic oxidation sites excluding steroid dienone is 1. The summed E-state index contributed by atoms with van der Waals surface area (Å²) in [6, 6.07) is 13.0. The molecule has 0 aliphatic carbocycles. The van der Waals surface area contributed by atoms with Crippen molar-refractivity contribution >= 4 is 0 Å². The van der Waals surface area contributed by atoms with Crippen molar-refractivity contribution in [3.05, 3.63) is 60.7 Å². The molecule has 0 heterocycles. The van der Waals surface area contributed by atoms with Crippen LogP contribution in [0, 0.1) is 12.3 Å². The van der Waals surface area contributed by atoms with Crippen LogP contribution in [0.4, 0.5) is 0 Å². The monoisotopic (exact) mass is 418 g/mol. The van der Waals surface area contributed by atoms with E-state index in [4.69, 9.17) is 20.6 Å². The predicted molar refractivity (Wildman–Crippen MR) is 119 cm³/mol. The molecule has 6 heteroatoms. The Hall–Kier alpha value is -4.24. The van der Waals surface area contributed by atoms with Crippen LogP contribution in [0.5, 0.6) is 34.5 Å². The number of hydrogen-bond donors (Lipinski definition) is 3. The Morgan fingerprint density at radius 1 is 0.903 bits per heavy atom. The lowest BCUT2D eigenvalue weighted by molar-refractivity contribution is 0.336. The van der Waals surface area contributed by atoms with E-state index in [0.717, 1.165) is 5.56 Å². The van der Waals surface area contributed by atoms with Crippen molar-refractivity contribution in [3.63, 3.8) is 0 Å². The number of terminal acetylenes is 1. The lowest BCUT2D eigenvalue weighted by Gasteiger charge is -2.18. The number of methoxy groups -OCH3 is 2. The number of ether oxygens (including phenoxy) is 3. The van der Waals surface area contributed by atoms with E-state index in [1.165, 1.54) is 26.4 Å². The Morgan fingerprint density at radius 3 is 2.23 bits per heavy atom. The highest BCUT2D eigenvalue weighted by Crippen LogP contribution is 2.50. The van der Waals surface area contributed by atoms with Gasteiger partial charge < -0.3 is 29.5 Å². The van der Waals surface area contributed by atoms with Crippen LogP contribution in [0.3, 0.4) is 0 Å². The Bertz CT molecular complexity index is 1140. The normalized spacial score (nSPS) is 10.6. The smallest absolute Gasteiger partial charge is 0.170 e. The average Bonchev–Trinajstić information content (AvgIpc) is 2.77. The van der Waals surface area contributed by atoms with Gasteiger partial charge in [0.2, 0.25) is 0 Å². The number of phenolic OH excluding ortho intramolecular Hbond substituents is 3. The molecule has 158 valence electrons. The standard InChI is InChI=1S/C25H22O6/c1-4-5-6-13-31-21-12-9-17(14-20(21)27)23-22(29-2)15-19(25(30-3)24(23)28)16-7-10-18(26)11-8-16/h1,5-12,14-15,26-28H,13H2,2-3H3/b6-5-. The summed E-state index contributed by atoms with van der Waals surface area (Å²) < 4.78 is 16.5. The summed E-state index contributed by atoms with van der Waals surface area (Å²) in [4.78, 5) is 0. The van der Waals surface area contributed by atoms with E-state index in [0.29, 0.717) is 22.4 Å². The van der Waals surface area contributed by atoms with Crippen molar-refractivity contribution in [2.24, 2.45) is 0 Å². The molecule has 3 aromatic carbocycles. The van der Waals surface area contributed by atoms with Gasteiger partial charge in [0.25, 0.3) is 0 Å². The van der Waals surface area contributed by atoms with Crippen LogP contribution in [0.25, 0.3) is 22.3 Å². The highest BCUT2D eigenvalue weighted by Gasteiger charge is 2.22. The summed E-state index contributed by atoms with van der Waals surface area (Å²) >= 11 is 0. The Labute approximate surface area is 180 Å². The second kappa shape index (κ2) is 9.51. The third kappa shape index (κ3) is 4.51. The molecule has 0 atom stereocenters. The van der Waals surface area contributed by atoms with Crippen LogP contribution >= 0.6 is 0 Å². The van der Waals surface area contributed by atoms with E-state index in [9.17, 15) is 15.3 Å². The third-order valence-corrected chi connectivity index (χ3v) is 4.62. The fourth-order valence-electron chi connectivity index (χ4n) is 3.18. The molecule has 6 nitrogen and oxygen atoms in total. The van der Waals surface area contributed by atoms with Gasteiger partial charge in [0.1, 0.15) is 18.1 Å². The van der Waals surface area contributed by atoms with Crippen LogP contribution < -0.4 is 14.2 Å². The van der Waals surface area contributed by atoms with Gasteiger partial charge in [-0.1, -0.05) is 24.1 Å². The zero-order valence-corrected chi connectivity index (χ0v) is 17.1. The molecule has 3 aromatic rings. The molecule has 0 amide bonds. The minimum absolute atomic E-state index is 0.102. The summed E-state index contributed by atoms with van der Waals surface area (Å²) in [5.41, 5.74) is 2.18. The lowest BCUT2D eigenvalue weighted by Crippen LogP contribution is -1.96. The summed E-state index contributed by atoms with van der Waals surface area (Å²) in [5, 5.41) is 31.0. The second-order valence-corrected chi connectivity index (χ2v) is 6.49. The topological polar surface area (TPSA) is 88.4 Å². The number of hydrogen-bond acceptors (Lipinski definition) is 6. The molecular weight excluding hydrogens is 396 g/mol. The van der Waals surface area contributed by atoms with Crippen LogP contribution in [0.15, 0.2) is 60.7 Å². The third-order valence-electron chi connectivity index (χ3n) is 4.62. The predicted octanol–water partition coefficient (Wildman–Crippen LogP) is 4.72. The van der Waals surface area contributed by atoms with Crippen molar-refractivity contribution in [2.45, 2.75) is 0 Å². The summed E-state index contributed by atoms with van der Waals surface area (Å²) in [5.74, 6) is 3.13. The Kier molecular flexibility index (Phi) is 6.58. The number of benzene rings is 3. The van der Waals surface area contributed by atoms with Crippen molar-refractivity contribution in [1.82, 2.24) is 0 Å². The van der Waals surface area contributed by atoms with E-state index in [1.54, 1.807) is 48.5 Å². The van der Waals surface area contributed by atoms with Gasteiger partial charge in [-0.2, -0.15) is 0 Å². The van der Waals surface area contributed by atoms with E-state index in [1.807, 2.05) is 0 Å². The molecule has 0 saturated heterocycles. The summed E-state index contributed by atoms with van der Waals surface area (Å²) in [6.45, 7) is 0.209. The molecule has 0 unspecified atom stereocenters. The van der Waals surface area contributed by atoms with E-state index in [-0.39, 0.29) is 35.4 Å². The molecular formula is C25H22O6. The SMILES string of the molecule is C#C/C=C\COc1ccc(-c2c(OC)cc(-c3ccc(O)cc3)c(OC)c2O)cc1O. The second-order valence-electron chi connectivity index (χ2n) is 6.49. The Morgan fingerprint density at radius 2 is 1.61 bits per heavy atom. The highest BCUT2D eigenvalue weighted by molar-refractivity contribution is 5.88. The summed E-state index contributed by atoms with van der Waals surface area (Å²) in [6.07, 6.45) is 8.30. The van der Waals surface area contributed by atoms with Gasteiger partial charge in [-0.15, -0.1) is 6.42 Å². The first kappa shape index (κ1) is 21.5. The molecule has 0 radical (unpaired) electrons. The highest BCUT2D eigenvalue weighted by atomic mass is 16.5. The maximum absolute atomic E-state index is 11.0. The maximum Gasteiger partial charge on any atom is 0.170 e. The number of aromatic hydroxyl groups is 3. The van der Waals surface area contributed by atoms with Gasteiger partial charge in [-0.3, -0.25) is 0 Å². The molecule has 3 N–H and O–H groups in total. The molecule has 0 fully saturated rings. The molecule has 0 bridgehead atoms. The molecule has 0 saturated carbocycles. The van der Waals surface area contributed by atoms with E-state index in [2.05, 4.69) is 5.92 Å². The average molecular weight is 418 g/mol. The van der Waals surface area contributed by atoms with E-state index < -0.39 is 0 Å². The number of phenols is 3. The first-order valence-electron chi connectivity index (χ1n) is 9.34. The van der Waals surface area contributed by atoms with Crippen molar-refractivity contribution in [3.8, 4) is 69.1 Å². The lowest BCUT2D eigenvalue weighted by atomic mass is 9.96. The van der Waals surface area contributed by atoms with Gasteiger partial charge in [0, 0.05) is 5.56 Å². The molecule has 3 rings (SSSR count). The largest absolute Gasteiger partial charge is 0.508 e. The van der Waals surface area contributed by atoms with Gasteiger partial charge in [-0.25, -0.2) is 0 Å². The zero-order valence-electron chi connectivity index (χ0n) is 17.1. The molecule has 31 heavy (non-hydrogen) atoms. The van der Waals surface area contributed by atoms with Gasteiger partial charge in [-0.05, 0) is 53.6 Å². The number of rotatable bonds is 7. The molecule has 0 spiro atoms. The van der Waals surface area contributed by atoms with Crippen LogP contribution in [0.2, 0.25) is 0 Å². The van der Waals surface area contributed by atoms with Crippen LogP contribution in [0.1, 0.15) is 0 Å². The maximum atomic E-state index is 11.0. The Balaban J connectivity index is 2.07. The zero-order chi connectivity index (χ0) is 22.4. The molecule has 0 aliphatic rings. The molecule has 0 aromatic heterocycles. The van der Waals surface area contributed by atoms with Crippen molar-refractivity contribution in [2.75, 3.05) is 20.8 Å². The van der Waals surface area contributed by atoms with Crippen molar-refractivity contribution in [1.29, 1.82) is 0 Å². The minimum Gasteiger partial charge on any atom is -0.508 e. The molecule has 0 aliphatic heterocycles.